The van der Waals surface area contributed by atoms with E-state index in [4.69, 9.17) is 24.2 Å². The zero-order valence-electron chi connectivity index (χ0n) is 18.6. The monoisotopic (exact) mass is 435 g/mol. The van der Waals surface area contributed by atoms with Gasteiger partial charge in [-0.05, 0) is 55.0 Å². The van der Waals surface area contributed by atoms with Crippen molar-refractivity contribution < 1.29 is 14.2 Å². The van der Waals surface area contributed by atoms with Gasteiger partial charge in [-0.1, -0.05) is 6.08 Å². The molecule has 5 rings (SSSR count). The predicted octanol–water partition coefficient (Wildman–Crippen LogP) is 3.36. The van der Waals surface area contributed by atoms with Gasteiger partial charge in [-0.2, -0.15) is 10.1 Å². The Hall–Kier alpha value is -2.97. The van der Waals surface area contributed by atoms with Gasteiger partial charge in [0.15, 0.2) is 0 Å². The molecular weight excluding hydrogens is 406 g/mol. The van der Waals surface area contributed by atoms with Crippen LogP contribution in [0.1, 0.15) is 36.1 Å². The van der Waals surface area contributed by atoms with Gasteiger partial charge < -0.3 is 19.5 Å². The average Bonchev–Trinajstić information content (AvgIpc) is 3.20. The molecule has 0 bridgehead atoms. The van der Waals surface area contributed by atoms with Crippen LogP contribution in [0.15, 0.2) is 36.7 Å². The number of fused-ring (bicyclic) bond motifs is 2. The molecule has 0 saturated carbocycles. The number of allylic oxidation sites excluding steroid dienone is 1. The summed E-state index contributed by atoms with van der Waals surface area (Å²) in [6.07, 6.45) is 10.0. The number of aromatic nitrogens is 4. The summed E-state index contributed by atoms with van der Waals surface area (Å²) in [4.78, 5) is 9.65. The lowest BCUT2D eigenvalue weighted by Gasteiger charge is -2.30. The quantitative estimate of drug-likeness (QED) is 0.636. The van der Waals surface area contributed by atoms with Crippen molar-refractivity contribution in [2.45, 2.75) is 31.8 Å². The van der Waals surface area contributed by atoms with E-state index in [2.05, 4.69) is 28.6 Å². The van der Waals surface area contributed by atoms with Crippen molar-refractivity contribution in [3.8, 4) is 5.88 Å². The number of pyridine rings is 1. The Morgan fingerprint density at radius 1 is 1.25 bits per heavy atom. The number of nitrogens with zero attached hydrogens (tertiary/aromatic N) is 4. The van der Waals surface area contributed by atoms with Crippen LogP contribution < -0.4 is 10.1 Å². The van der Waals surface area contributed by atoms with Gasteiger partial charge in [0, 0.05) is 38.6 Å². The van der Waals surface area contributed by atoms with Crippen molar-refractivity contribution in [1.82, 2.24) is 19.6 Å². The molecule has 1 N–H and O–H groups in total. The van der Waals surface area contributed by atoms with Crippen molar-refractivity contribution in [3.63, 3.8) is 0 Å². The Labute approximate surface area is 187 Å². The zero-order valence-corrected chi connectivity index (χ0v) is 18.6. The average molecular weight is 436 g/mol. The van der Waals surface area contributed by atoms with E-state index in [1.165, 1.54) is 0 Å². The number of rotatable bonds is 6. The van der Waals surface area contributed by atoms with Crippen molar-refractivity contribution in [2.75, 3.05) is 39.3 Å². The van der Waals surface area contributed by atoms with Gasteiger partial charge in [0.25, 0.3) is 0 Å². The second-order valence-corrected chi connectivity index (χ2v) is 8.28. The van der Waals surface area contributed by atoms with Gasteiger partial charge in [0.1, 0.15) is 0 Å². The first-order chi connectivity index (χ1) is 15.8. The van der Waals surface area contributed by atoms with E-state index in [9.17, 15) is 0 Å². The summed E-state index contributed by atoms with van der Waals surface area (Å²) in [7, 11) is 3.41. The van der Waals surface area contributed by atoms with E-state index in [1.807, 2.05) is 23.0 Å². The molecule has 1 saturated heterocycles. The topological polar surface area (TPSA) is 82.8 Å². The molecular formula is C24H29N5O3. The first-order valence-electron chi connectivity index (χ1n) is 11.2. The summed E-state index contributed by atoms with van der Waals surface area (Å²) < 4.78 is 18.8. The Kier molecular flexibility index (Phi) is 6.05. The lowest BCUT2D eigenvalue weighted by atomic mass is 9.97. The second kappa shape index (κ2) is 9.26. The molecule has 0 aromatic carbocycles. The highest BCUT2D eigenvalue weighted by molar-refractivity contribution is 5.85. The number of methoxy groups -OCH3 is 2. The number of hydrogen-bond donors (Lipinski definition) is 1. The molecule has 2 atom stereocenters. The largest absolute Gasteiger partial charge is 0.480 e. The molecule has 4 heterocycles. The zero-order chi connectivity index (χ0) is 21.9. The molecule has 3 aromatic rings. The number of nitrogens with one attached hydrogen (secondary N) is 1. The standard InChI is InChI=1S/C24H29N5O3/c1-30-21-15-32-12-9-17(21)14-25-24-27-20-6-4-3-5-19(22(20)23(28-24)31-2)16-8-11-29-18(13-16)7-10-26-29/h5,7-8,10-11,13,17,21H,3-4,6,9,12,14-15H2,1-2H3,(H,25,27,28)/t17?,21-/m1/s1. The van der Waals surface area contributed by atoms with Crippen LogP contribution in [0.25, 0.3) is 11.1 Å². The van der Waals surface area contributed by atoms with Crippen LogP contribution in [-0.4, -0.2) is 59.7 Å². The van der Waals surface area contributed by atoms with Crippen LogP contribution >= 0.6 is 0 Å². The molecule has 2 aliphatic rings. The fourth-order valence-corrected chi connectivity index (χ4v) is 4.60. The molecule has 1 aliphatic heterocycles. The van der Waals surface area contributed by atoms with Crippen molar-refractivity contribution in [3.05, 3.63) is 53.5 Å². The van der Waals surface area contributed by atoms with E-state index in [0.717, 1.165) is 66.7 Å². The SMILES string of the molecule is COc1nc(NCC2CCOC[C@H]2OC)nc2c1C(c1ccn3nccc3c1)=CCCC2. The van der Waals surface area contributed by atoms with Crippen LogP contribution in [0, 0.1) is 5.92 Å². The van der Waals surface area contributed by atoms with Gasteiger partial charge in [-0.15, -0.1) is 0 Å². The highest BCUT2D eigenvalue weighted by atomic mass is 16.5. The highest BCUT2D eigenvalue weighted by Crippen LogP contribution is 2.36. The maximum absolute atomic E-state index is 5.77. The molecule has 0 radical (unpaired) electrons. The Balaban J connectivity index is 1.46. The molecule has 0 spiro atoms. The summed E-state index contributed by atoms with van der Waals surface area (Å²) in [5.41, 5.74) is 5.30. The highest BCUT2D eigenvalue weighted by Gasteiger charge is 2.27. The van der Waals surface area contributed by atoms with E-state index < -0.39 is 0 Å². The van der Waals surface area contributed by atoms with Gasteiger partial charge in [-0.25, -0.2) is 9.50 Å². The molecule has 3 aromatic heterocycles. The summed E-state index contributed by atoms with van der Waals surface area (Å²) in [5.74, 6) is 1.57. The Morgan fingerprint density at radius 2 is 2.19 bits per heavy atom. The summed E-state index contributed by atoms with van der Waals surface area (Å²) in [5, 5.41) is 7.74. The van der Waals surface area contributed by atoms with Crippen LogP contribution in [0.2, 0.25) is 0 Å². The van der Waals surface area contributed by atoms with Gasteiger partial charge in [-0.3, -0.25) is 0 Å². The van der Waals surface area contributed by atoms with Crippen molar-refractivity contribution >= 4 is 17.0 Å². The third-order valence-electron chi connectivity index (χ3n) is 6.36. The molecule has 1 unspecified atom stereocenters. The van der Waals surface area contributed by atoms with Crippen LogP contribution in [0.4, 0.5) is 5.95 Å². The lowest BCUT2D eigenvalue weighted by Crippen LogP contribution is -2.38. The van der Waals surface area contributed by atoms with Crippen molar-refractivity contribution in [1.29, 1.82) is 0 Å². The molecule has 0 amide bonds. The first-order valence-corrected chi connectivity index (χ1v) is 11.2. The second-order valence-electron chi connectivity index (χ2n) is 8.28. The molecule has 8 nitrogen and oxygen atoms in total. The van der Waals surface area contributed by atoms with E-state index in [-0.39, 0.29) is 6.10 Å². The van der Waals surface area contributed by atoms with Gasteiger partial charge in [0.2, 0.25) is 11.8 Å². The van der Waals surface area contributed by atoms with Crippen molar-refractivity contribution in [2.24, 2.45) is 5.92 Å². The van der Waals surface area contributed by atoms with Crippen LogP contribution in [0.5, 0.6) is 5.88 Å². The minimum atomic E-state index is 0.0898. The lowest BCUT2D eigenvalue weighted by molar-refractivity contribution is -0.0615. The molecule has 1 aliphatic carbocycles. The Morgan fingerprint density at radius 3 is 3.06 bits per heavy atom. The number of hydrogen-bond acceptors (Lipinski definition) is 7. The van der Waals surface area contributed by atoms with E-state index in [1.54, 1.807) is 14.2 Å². The Bertz CT molecular complexity index is 1130. The third-order valence-corrected chi connectivity index (χ3v) is 6.36. The minimum absolute atomic E-state index is 0.0898. The first kappa shape index (κ1) is 20.9. The molecule has 1 fully saturated rings. The smallest absolute Gasteiger partial charge is 0.226 e. The van der Waals surface area contributed by atoms with Crippen LogP contribution in [-0.2, 0) is 15.9 Å². The normalized spacial score (nSPS) is 21.0. The summed E-state index contributed by atoms with van der Waals surface area (Å²) in [6, 6.07) is 6.24. The van der Waals surface area contributed by atoms with E-state index >= 15 is 0 Å². The van der Waals surface area contributed by atoms with Crippen LogP contribution in [0.3, 0.4) is 0 Å². The predicted molar refractivity (Wildman–Crippen MR) is 122 cm³/mol. The van der Waals surface area contributed by atoms with Gasteiger partial charge >= 0.3 is 0 Å². The maximum atomic E-state index is 5.77. The fraction of sp³-hybridized carbons (Fsp3) is 0.458. The third kappa shape index (κ3) is 4.08. The maximum Gasteiger partial charge on any atom is 0.226 e. The van der Waals surface area contributed by atoms with Gasteiger partial charge in [0.05, 0.1) is 36.6 Å². The molecule has 32 heavy (non-hydrogen) atoms. The molecule has 8 heteroatoms. The minimum Gasteiger partial charge on any atom is -0.480 e. The number of anilines is 1. The number of aryl methyl sites for hydroxylation is 1. The molecule has 168 valence electrons. The number of ether oxygens (including phenoxy) is 3. The summed E-state index contributed by atoms with van der Waals surface area (Å²) >= 11 is 0. The van der Waals surface area contributed by atoms with E-state index in [0.29, 0.717) is 24.4 Å². The summed E-state index contributed by atoms with van der Waals surface area (Å²) in [6.45, 7) is 2.13. The fourth-order valence-electron chi connectivity index (χ4n) is 4.60.